The van der Waals surface area contributed by atoms with Gasteiger partial charge in [-0.05, 0) is 30.3 Å². The van der Waals surface area contributed by atoms with Crippen LogP contribution in [0.15, 0.2) is 52.4 Å². The molecular weight excluding hydrogens is 416 g/mol. The third kappa shape index (κ3) is 6.81. The molecule has 0 spiro atoms. The summed E-state index contributed by atoms with van der Waals surface area (Å²) in [4.78, 5) is 4.25. The maximum absolute atomic E-state index is 12.3. The summed E-state index contributed by atoms with van der Waals surface area (Å²) in [6.45, 7) is 1.00. The molecule has 0 atom stereocenters. The van der Waals surface area contributed by atoms with Crippen LogP contribution in [0.3, 0.4) is 0 Å². The zero-order valence-electron chi connectivity index (χ0n) is 16.5. The molecule has 8 nitrogen and oxygen atoms in total. The van der Waals surface area contributed by atoms with E-state index >= 15 is 0 Å². The number of nitrogens with zero attached hydrogens (tertiary/aromatic N) is 1. The molecule has 0 aliphatic carbocycles. The summed E-state index contributed by atoms with van der Waals surface area (Å²) >= 11 is 5.85. The van der Waals surface area contributed by atoms with Gasteiger partial charge in [-0.3, -0.25) is 4.99 Å². The van der Waals surface area contributed by atoms with E-state index < -0.39 is 10.0 Å². The Kier molecular flexibility index (Phi) is 8.56. The summed E-state index contributed by atoms with van der Waals surface area (Å²) in [6.07, 6.45) is 0. The van der Waals surface area contributed by atoms with E-state index in [1.807, 2.05) is 12.1 Å². The van der Waals surface area contributed by atoms with Gasteiger partial charge in [0.15, 0.2) is 5.96 Å². The lowest BCUT2D eigenvalue weighted by molar-refractivity contribution is 0.390. The van der Waals surface area contributed by atoms with Gasteiger partial charge in [0.1, 0.15) is 11.5 Å². The molecule has 0 aromatic heterocycles. The van der Waals surface area contributed by atoms with Crippen LogP contribution in [-0.4, -0.2) is 48.7 Å². The van der Waals surface area contributed by atoms with Crippen LogP contribution >= 0.6 is 11.6 Å². The first kappa shape index (κ1) is 22.8. The molecule has 158 valence electrons. The summed E-state index contributed by atoms with van der Waals surface area (Å²) in [6, 6.07) is 11.7. The number of methoxy groups -OCH3 is 2. The summed E-state index contributed by atoms with van der Waals surface area (Å²) in [5.74, 6) is 1.94. The van der Waals surface area contributed by atoms with Crippen LogP contribution in [0.2, 0.25) is 5.02 Å². The van der Waals surface area contributed by atoms with Crippen molar-refractivity contribution in [2.75, 3.05) is 34.4 Å². The Labute approximate surface area is 176 Å². The van der Waals surface area contributed by atoms with E-state index in [2.05, 4.69) is 20.3 Å². The number of rotatable bonds is 9. The van der Waals surface area contributed by atoms with Crippen molar-refractivity contribution in [1.82, 2.24) is 15.4 Å². The Balaban J connectivity index is 1.84. The van der Waals surface area contributed by atoms with Gasteiger partial charge in [0.05, 0.1) is 19.1 Å². The van der Waals surface area contributed by atoms with Gasteiger partial charge in [0, 0.05) is 43.3 Å². The number of benzene rings is 2. The highest BCUT2D eigenvalue weighted by molar-refractivity contribution is 7.89. The van der Waals surface area contributed by atoms with Crippen molar-refractivity contribution in [3.8, 4) is 11.5 Å². The lowest BCUT2D eigenvalue weighted by atomic mass is 10.2. The predicted molar refractivity (Wildman–Crippen MR) is 114 cm³/mol. The highest BCUT2D eigenvalue weighted by Crippen LogP contribution is 2.24. The Bertz CT molecular complexity index is 951. The van der Waals surface area contributed by atoms with E-state index in [1.54, 1.807) is 39.5 Å². The largest absolute Gasteiger partial charge is 0.497 e. The number of sulfonamides is 1. The van der Waals surface area contributed by atoms with Gasteiger partial charge in [-0.1, -0.05) is 17.7 Å². The number of ether oxygens (including phenoxy) is 2. The fraction of sp³-hybridized carbons (Fsp3) is 0.316. The monoisotopic (exact) mass is 440 g/mol. The van der Waals surface area contributed by atoms with E-state index in [4.69, 9.17) is 21.1 Å². The number of nitrogens with one attached hydrogen (secondary N) is 3. The molecule has 0 aliphatic heterocycles. The Morgan fingerprint density at radius 1 is 1.07 bits per heavy atom. The third-order valence-electron chi connectivity index (χ3n) is 3.98. The van der Waals surface area contributed by atoms with Gasteiger partial charge in [-0.25, -0.2) is 13.1 Å². The lowest BCUT2D eigenvalue weighted by Gasteiger charge is -2.15. The second kappa shape index (κ2) is 10.9. The van der Waals surface area contributed by atoms with Gasteiger partial charge in [-0.2, -0.15) is 0 Å². The van der Waals surface area contributed by atoms with Gasteiger partial charge in [0.2, 0.25) is 10.0 Å². The SMILES string of the molecule is CN=C(NCCNS(=O)(=O)c1cccc(Cl)c1)NCc1ccc(OC)cc1OC. The first-order chi connectivity index (χ1) is 13.9. The first-order valence-corrected chi connectivity index (χ1v) is 10.7. The first-order valence-electron chi connectivity index (χ1n) is 8.80. The zero-order valence-corrected chi connectivity index (χ0v) is 18.1. The second-order valence-corrected chi connectivity index (χ2v) is 8.09. The van der Waals surface area contributed by atoms with Crippen molar-refractivity contribution in [3.63, 3.8) is 0 Å². The fourth-order valence-electron chi connectivity index (χ4n) is 2.48. The van der Waals surface area contributed by atoms with Crippen LogP contribution < -0.4 is 24.8 Å². The quantitative estimate of drug-likeness (QED) is 0.313. The third-order valence-corrected chi connectivity index (χ3v) is 5.67. The number of halogens is 1. The summed E-state index contributed by atoms with van der Waals surface area (Å²) in [5, 5.41) is 6.58. The van der Waals surface area contributed by atoms with Crippen molar-refractivity contribution < 1.29 is 17.9 Å². The standard InChI is InChI=1S/C19H25ClN4O4S/c1-21-19(23-13-14-7-8-16(27-2)12-18(14)28-3)22-9-10-24-29(25,26)17-6-4-5-15(20)11-17/h4-8,11-12,24H,9-10,13H2,1-3H3,(H2,21,22,23). The molecule has 0 fully saturated rings. The Morgan fingerprint density at radius 3 is 2.52 bits per heavy atom. The van der Waals surface area contributed by atoms with Crippen LogP contribution in [-0.2, 0) is 16.6 Å². The smallest absolute Gasteiger partial charge is 0.240 e. The average molecular weight is 441 g/mol. The minimum Gasteiger partial charge on any atom is -0.497 e. The van der Waals surface area contributed by atoms with Crippen molar-refractivity contribution in [1.29, 1.82) is 0 Å². The molecule has 2 rings (SSSR count). The molecule has 0 aliphatic rings. The average Bonchev–Trinajstić information content (AvgIpc) is 2.73. The normalized spacial score (nSPS) is 11.8. The van der Waals surface area contributed by atoms with E-state index in [1.165, 1.54) is 12.1 Å². The summed E-state index contributed by atoms with van der Waals surface area (Å²) in [7, 11) is 1.21. The summed E-state index contributed by atoms with van der Waals surface area (Å²) in [5.41, 5.74) is 0.929. The Morgan fingerprint density at radius 2 is 1.86 bits per heavy atom. The molecule has 2 aromatic rings. The van der Waals surface area contributed by atoms with Gasteiger partial charge in [0.25, 0.3) is 0 Å². The van der Waals surface area contributed by atoms with Crippen LogP contribution in [0.5, 0.6) is 11.5 Å². The van der Waals surface area contributed by atoms with Crippen molar-refractivity contribution in [2.45, 2.75) is 11.4 Å². The molecule has 3 N–H and O–H groups in total. The van der Waals surface area contributed by atoms with Crippen LogP contribution in [0.1, 0.15) is 5.56 Å². The molecule has 0 saturated carbocycles. The molecule has 0 unspecified atom stereocenters. The number of hydrogen-bond acceptors (Lipinski definition) is 5. The molecule has 29 heavy (non-hydrogen) atoms. The number of hydrogen-bond donors (Lipinski definition) is 3. The number of aliphatic imine (C=N–C) groups is 1. The highest BCUT2D eigenvalue weighted by atomic mass is 35.5. The minimum atomic E-state index is -3.62. The van der Waals surface area contributed by atoms with Crippen LogP contribution in [0.25, 0.3) is 0 Å². The second-order valence-electron chi connectivity index (χ2n) is 5.89. The Hall–Kier alpha value is -2.49. The molecule has 0 radical (unpaired) electrons. The van der Waals surface area contributed by atoms with E-state index in [9.17, 15) is 8.42 Å². The van der Waals surface area contributed by atoms with Gasteiger partial charge < -0.3 is 20.1 Å². The van der Waals surface area contributed by atoms with Crippen LogP contribution in [0, 0.1) is 0 Å². The molecule has 10 heteroatoms. The maximum atomic E-state index is 12.3. The van der Waals surface area contributed by atoms with Crippen LogP contribution in [0.4, 0.5) is 0 Å². The molecule has 0 bridgehead atoms. The summed E-state index contributed by atoms with van der Waals surface area (Å²) < 4.78 is 37.6. The molecule has 0 saturated heterocycles. The van der Waals surface area contributed by atoms with Gasteiger partial charge in [-0.15, -0.1) is 0 Å². The molecule has 0 heterocycles. The van der Waals surface area contributed by atoms with E-state index in [0.717, 1.165) is 5.56 Å². The maximum Gasteiger partial charge on any atom is 0.240 e. The highest BCUT2D eigenvalue weighted by Gasteiger charge is 2.13. The topological polar surface area (TPSA) is 101 Å². The predicted octanol–water partition coefficient (Wildman–Crippen LogP) is 2.00. The van der Waals surface area contributed by atoms with Crippen molar-refractivity contribution in [2.24, 2.45) is 4.99 Å². The van der Waals surface area contributed by atoms with Gasteiger partial charge >= 0.3 is 0 Å². The van der Waals surface area contributed by atoms with E-state index in [-0.39, 0.29) is 11.4 Å². The minimum absolute atomic E-state index is 0.124. The molecular formula is C19H25ClN4O4S. The molecule has 2 aromatic carbocycles. The van der Waals surface area contributed by atoms with Crippen molar-refractivity contribution in [3.05, 3.63) is 53.1 Å². The fourth-order valence-corrected chi connectivity index (χ4v) is 3.81. The zero-order chi connectivity index (χ0) is 21.3. The van der Waals surface area contributed by atoms with E-state index in [0.29, 0.717) is 35.6 Å². The number of guanidine groups is 1. The lowest BCUT2D eigenvalue weighted by Crippen LogP contribution is -2.41. The van der Waals surface area contributed by atoms with Crippen molar-refractivity contribution >= 4 is 27.6 Å². The molecule has 0 amide bonds.